The summed E-state index contributed by atoms with van der Waals surface area (Å²) in [5.74, 6) is 0.130. The molecule has 1 aromatic carbocycles. The first-order valence-electron chi connectivity index (χ1n) is 9.29. The number of carbonyl (C=O) groups is 2. The number of esters is 1. The van der Waals surface area contributed by atoms with Crippen molar-refractivity contribution in [3.63, 3.8) is 0 Å². The van der Waals surface area contributed by atoms with Gasteiger partial charge in [-0.15, -0.1) is 0 Å². The second kappa shape index (κ2) is 11.7. The lowest BCUT2D eigenvalue weighted by Gasteiger charge is -2.08. The number of nitrogens with one attached hydrogen (secondary N) is 2. The van der Waals surface area contributed by atoms with Crippen LogP contribution in [0.25, 0.3) is 0 Å². The molecule has 9 heteroatoms. The van der Waals surface area contributed by atoms with Gasteiger partial charge in [-0.25, -0.2) is 9.78 Å². The average Bonchev–Trinajstić information content (AvgIpc) is 2.69. The van der Waals surface area contributed by atoms with Crippen molar-refractivity contribution >= 4 is 41.1 Å². The van der Waals surface area contributed by atoms with Gasteiger partial charge in [0.25, 0.3) is 5.56 Å². The molecule has 0 spiro atoms. The summed E-state index contributed by atoms with van der Waals surface area (Å²) in [5, 5.41) is 3.62. The summed E-state index contributed by atoms with van der Waals surface area (Å²) in [6.07, 6.45) is 0.761. The highest BCUT2D eigenvalue weighted by Crippen LogP contribution is 2.18. The van der Waals surface area contributed by atoms with E-state index in [0.717, 1.165) is 6.42 Å². The molecule has 0 aliphatic heterocycles. The van der Waals surface area contributed by atoms with E-state index >= 15 is 0 Å². The number of aromatic amines is 1. The number of hydrogen-bond donors (Lipinski definition) is 2. The van der Waals surface area contributed by atoms with Gasteiger partial charge in [0.1, 0.15) is 0 Å². The van der Waals surface area contributed by atoms with Gasteiger partial charge in [0.2, 0.25) is 5.91 Å². The smallest absolute Gasteiger partial charge is 0.338 e. The lowest BCUT2D eigenvalue weighted by atomic mass is 10.2. The van der Waals surface area contributed by atoms with E-state index in [1.165, 1.54) is 17.8 Å². The summed E-state index contributed by atoms with van der Waals surface area (Å²) >= 11 is 2.86. The summed E-state index contributed by atoms with van der Waals surface area (Å²) < 4.78 is 5.07. The predicted octanol–water partition coefficient (Wildman–Crippen LogP) is 3.71. The number of amides is 1. The molecule has 0 radical (unpaired) electrons. The van der Waals surface area contributed by atoms with Crippen LogP contribution in [0, 0.1) is 0 Å². The Morgan fingerprint density at radius 1 is 1.24 bits per heavy atom. The van der Waals surface area contributed by atoms with Gasteiger partial charge in [0, 0.05) is 17.5 Å². The molecule has 0 saturated carbocycles. The Kier molecular flexibility index (Phi) is 9.27. The molecule has 0 aliphatic carbocycles. The number of benzene rings is 1. The molecule has 0 atom stereocenters. The maximum atomic E-state index is 12.2. The number of anilines is 1. The fraction of sp³-hybridized carbons (Fsp3) is 0.400. The topological polar surface area (TPSA) is 101 Å². The zero-order valence-corrected chi connectivity index (χ0v) is 18.3. The van der Waals surface area contributed by atoms with Crippen LogP contribution in [0.3, 0.4) is 0 Å². The fourth-order valence-corrected chi connectivity index (χ4v) is 3.52. The van der Waals surface area contributed by atoms with Crippen molar-refractivity contribution in [1.82, 2.24) is 9.97 Å². The van der Waals surface area contributed by atoms with Crippen LogP contribution >= 0.6 is 23.5 Å². The van der Waals surface area contributed by atoms with E-state index in [9.17, 15) is 14.4 Å². The van der Waals surface area contributed by atoms with Crippen molar-refractivity contribution in [2.45, 2.75) is 43.4 Å². The minimum Gasteiger partial charge on any atom is -0.462 e. The SMILES string of the molecule is CCCOC(=O)c1ccc(NC(=O)CSc2nc(CSC(C)C)cc(=O)[nH]2)cc1. The van der Waals surface area contributed by atoms with E-state index in [4.69, 9.17) is 4.74 Å². The van der Waals surface area contributed by atoms with Gasteiger partial charge in [-0.3, -0.25) is 9.59 Å². The molecule has 29 heavy (non-hydrogen) atoms. The van der Waals surface area contributed by atoms with Gasteiger partial charge in [-0.05, 0) is 35.9 Å². The first kappa shape index (κ1) is 23.0. The fourth-order valence-electron chi connectivity index (χ4n) is 2.18. The normalized spacial score (nSPS) is 10.8. The number of H-pyrrole nitrogens is 1. The predicted molar refractivity (Wildman–Crippen MR) is 118 cm³/mol. The molecule has 0 unspecified atom stereocenters. The van der Waals surface area contributed by atoms with Crippen LogP contribution in [0.2, 0.25) is 0 Å². The Balaban J connectivity index is 1.88. The van der Waals surface area contributed by atoms with E-state index in [2.05, 4.69) is 29.1 Å². The summed E-state index contributed by atoms with van der Waals surface area (Å²) in [4.78, 5) is 42.8. The van der Waals surface area contributed by atoms with E-state index in [0.29, 0.717) is 39.7 Å². The maximum absolute atomic E-state index is 12.2. The maximum Gasteiger partial charge on any atom is 0.338 e. The molecule has 0 aliphatic rings. The quantitative estimate of drug-likeness (QED) is 0.333. The van der Waals surface area contributed by atoms with Crippen LogP contribution in [0.1, 0.15) is 43.2 Å². The standard InChI is InChI=1S/C20H25N3O4S2/c1-4-9-27-19(26)14-5-7-15(8-6-14)21-18(25)12-29-20-22-16(10-17(24)23-20)11-28-13(2)3/h5-8,10,13H,4,9,11-12H2,1-3H3,(H,21,25)(H,22,23,24). The van der Waals surface area contributed by atoms with Crippen LogP contribution in [-0.4, -0.2) is 39.5 Å². The molecule has 2 rings (SSSR count). The summed E-state index contributed by atoms with van der Waals surface area (Å²) in [6, 6.07) is 7.99. The first-order valence-corrected chi connectivity index (χ1v) is 11.3. The first-order chi connectivity index (χ1) is 13.9. The minimum absolute atomic E-state index is 0.101. The monoisotopic (exact) mass is 435 g/mol. The molecule has 1 aromatic heterocycles. The molecule has 1 heterocycles. The molecule has 7 nitrogen and oxygen atoms in total. The van der Waals surface area contributed by atoms with E-state index < -0.39 is 0 Å². The van der Waals surface area contributed by atoms with Crippen LogP contribution in [0.5, 0.6) is 0 Å². The highest BCUT2D eigenvalue weighted by atomic mass is 32.2. The molecule has 1 amide bonds. The molecule has 0 bridgehead atoms. The number of ether oxygens (including phenoxy) is 1. The van der Waals surface area contributed by atoms with E-state index in [1.54, 1.807) is 36.0 Å². The van der Waals surface area contributed by atoms with Crippen molar-refractivity contribution in [3.05, 3.63) is 51.9 Å². The molecule has 0 fully saturated rings. The zero-order valence-electron chi connectivity index (χ0n) is 16.7. The van der Waals surface area contributed by atoms with Crippen LogP contribution in [0.4, 0.5) is 5.69 Å². The van der Waals surface area contributed by atoms with Gasteiger partial charge in [0.05, 0.1) is 23.6 Å². The molecular formula is C20H25N3O4S2. The van der Waals surface area contributed by atoms with E-state index in [1.807, 2.05) is 6.92 Å². The molecule has 0 saturated heterocycles. The van der Waals surface area contributed by atoms with Crippen molar-refractivity contribution in [1.29, 1.82) is 0 Å². The Morgan fingerprint density at radius 2 is 1.97 bits per heavy atom. The van der Waals surface area contributed by atoms with Crippen LogP contribution < -0.4 is 10.9 Å². The second-order valence-electron chi connectivity index (χ2n) is 6.45. The third-order valence-electron chi connectivity index (χ3n) is 3.52. The van der Waals surface area contributed by atoms with Crippen molar-refractivity contribution in [2.75, 3.05) is 17.7 Å². The lowest BCUT2D eigenvalue weighted by molar-refractivity contribution is -0.113. The third kappa shape index (κ3) is 8.33. The molecule has 156 valence electrons. The molecule has 2 N–H and O–H groups in total. The van der Waals surface area contributed by atoms with Gasteiger partial charge in [-0.1, -0.05) is 32.5 Å². The summed E-state index contributed by atoms with van der Waals surface area (Å²) in [6.45, 7) is 6.47. The number of nitrogens with zero attached hydrogens (tertiary/aromatic N) is 1. The number of hydrogen-bond acceptors (Lipinski definition) is 7. The minimum atomic E-state index is -0.383. The van der Waals surface area contributed by atoms with Gasteiger partial charge >= 0.3 is 5.97 Å². The van der Waals surface area contributed by atoms with Crippen molar-refractivity contribution in [3.8, 4) is 0 Å². The number of carbonyl (C=O) groups excluding carboxylic acids is 2. The lowest BCUT2D eigenvalue weighted by Crippen LogP contribution is -2.16. The van der Waals surface area contributed by atoms with E-state index in [-0.39, 0.29) is 23.2 Å². The van der Waals surface area contributed by atoms with Gasteiger partial charge < -0.3 is 15.0 Å². The highest BCUT2D eigenvalue weighted by Gasteiger charge is 2.10. The van der Waals surface area contributed by atoms with Crippen LogP contribution in [-0.2, 0) is 15.3 Å². The van der Waals surface area contributed by atoms with Crippen molar-refractivity contribution < 1.29 is 14.3 Å². The third-order valence-corrected chi connectivity index (χ3v) is 5.52. The average molecular weight is 436 g/mol. The largest absolute Gasteiger partial charge is 0.462 e. The summed E-state index contributed by atoms with van der Waals surface area (Å²) in [5.41, 5.74) is 1.48. The summed E-state index contributed by atoms with van der Waals surface area (Å²) in [7, 11) is 0. The van der Waals surface area contributed by atoms with Gasteiger partial charge in [0.15, 0.2) is 5.16 Å². The zero-order chi connectivity index (χ0) is 21.2. The Morgan fingerprint density at radius 3 is 2.62 bits per heavy atom. The van der Waals surface area contributed by atoms with Crippen molar-refractivity contribution in [2.24, 2.45) is 0 Å². The Labute approximate surface area is 178 Å². The number of aromatic nitrogens is 2. The van der Waals surface area contributed by atoms with Crippen LogP contribution in [0.15, 0.2) is 40.3 Å². The second-order valence-corrected chi connectivity index (χ2v) is 8.98. The molecular weight excluding hydrogens is 410 g/mol. The Bertz CT molecular complexity index is 882. The number of rotatable bonds is 10. The molecule has 2 aromatic rings. The highest BCUT2D eigenvalue weighted by molar-refractivity contribution is 7.99. The van der Waals surface area contributed by atoms with Gasteiger partial charge in [-0.2, -0.15) is 11.8 Å². The number of thioether (sulfide) groups is 2. The Hall–Kier alpha value is -2.26.